The third-order valence-electron chi connectivity index (χ3n) is 4.61. The van der Waals surface area contributed by atoms with Gasteiger partial charge in [0.25, 0.3) is 0 Å². The highest BCUT2D eigenvalue weighted by Crippen LogP contribution is 2.41. The second-order valence-corrected chi connectivity index (χ2v) is 6.21. The molecule has 3 rings (SSSR count). The molecule has 0 aliphatic carbocycles. The lowest BCUT2D eigenvalue weighted by Gasteiger charge is -2.15. The Morgan fingerprint density at radius 3 is 2.15 bits per heavy atom. The van der Waals surface area contributed by atoms with Crippen molar-refractivity contribution in [3.05, 3.63) is 30.3 Å². The van der Waals surface area contributed by atoms with Crippen molar-refractivity contribution in [1.82, 2.24) is 9.55 Å². The average molecular weight is 370 g/mol. The van der Waals surface area contributed by atoms with Crippen LogP contribution in [-0.2, 0) is 6.54 Å². The molecule has 3 aromatic rings. The van der Waals surface area contributed by atoms with Gasteiger partial charge >= 0.3 is 0 Å². The summed E-state index contributed by atoms with van der Waals surface area (Å²) in [4.78, 5) is 4.88. The number of hydrogen-bond acceptors (Lipinski definition) is 5. The van der Waals surface area contributed by atoms with Gasteiger partial charge in [-0.15, -0.1) is 0 Å². The minimum atomic E-state index is 0.571. The van der Waals surface area contributed by atoms with Crippen LogP contribution in [0.2, 0.25) is 0 Å². The molecule has 2 aromatic carbocycles. The van der Waals surface area contributed by atoms with Crippen LogP contribution in [0, 0.1) is 0 Å². The molecule has 0 saturated heterocycles. The van der Waals surface area contributed by atoms with Gasteiger partial charge in [-0.25, -0.2) is 4.98 Å². The Bertz CT molecular complexity index is 908. The maximum Gasteiger partial charge on any atom is 0.203 e. The van der Waals surface area contributed by atoms with E-state index in [1.165, 1.54) is 0 Å². The highest BCUT2D eigenvalue weighted by atomic mass is 16.5. The molecule has 0 aliphatic rings. The monoisotopic (exact) mass is 370 g/mol. The summed E-state index contributed by atoms with van der Waals surface area (Å²) in [6.45, 7) is 3.06. The summed E-state index contributed by atoms with van der Waals surface area (Å²) in [5, 5.41) is 0. The van der Waals surface area contributed by atoms with Crippen LogP contribution in [-0.4, -0.2) is 38.0 Å². The van der Waals surface area contributed by atoms with Crippen molar-refractivity contribution in [3.8, 4) is 34.4 Å². The first-order valence-corrected chi connectivity index (χ1v) is 9.01. The number of aromatic nitrogens is 2. The Labute approximate surface area is 159 Å². The average Bonchev–Trinajstić information content (AvgIpc) is 3.08. The van der Waals surface area contributed by atoms with E-state index in [1.807, 2.05) is 24.3 Å². The molecule has 6 heteroatoms. The standard InChI is InChI=1S/C21H26N2O4/c1-6-7-10-23-17-9-8-15(24-2)13-16(17)22-21(23)14-11-18(25-3)20(27-5)19(12-14)26-4/h8-9,11-13H,6-7,10H2,1-5H3. The van der Waals surface area contributed by atoms with E-state index < -0.39 is 0 Å². The molecule has 0 aliphatic heterocycles. The summed E-state index contributed by atoms with van der Waals surface area (Å²) in [5.41, 5.74) is 2.89. The van der Waals surface area contributed by atoms with Crippen molar-refractivity contribution in [2.45, 2.75) is 26.3 Å². The van der Waals surface area contributed by atoms with Crippen molar-refractivity contribution in [2.24, 2.45) is 0 Å². The number of benzene rings is 2. The highest BCUT2D eigenvalue weighted by molar-refractivity contribution is 5.83. The Morgan fingerprint density at radius 2 is 1.59 bits per heavy atom. The molecule has 6 nitrogen and oxygen atoms in total. The van der Waals surface area contributed by atoms with Gasteiger partial charge in [-0.05, 0) is 30.7 Å². The summed E-state index contributed by atoms with van der Waals surface area (Å²) in [6, 6.07) is 9.84. The van der Waals surface area contributed by atoms with Gasteiger partial charge in [-0.1, -0.05) is 13.3 Å². The summed E-state index contributed by atoms with van der Waals surface area (Å²) < 4.78 is 24.1. The maximum absolute atomic E-state index is 5.51. The maximum atomic E-state index is 5.51. The molecule has 0 fully saturated rings. The quantitative estimate of drug-likeness (QED) is 0.583. The van der Waals surface area contributed by atoms with Gasteiger partial charge < -0.3 is 23.5 Å². The summed E-state index contributed by atoms with van der Waals surface area (Å²) in [5.74, 6) is 3.45. The molecule has 0 radical (unpaired) electrons. The minimum absolute atomic E-state index is 0.571. The van der Waals surface area contributed by atoms with Gasteiger partial charge in [0.2, 0.25) is 5.75 Å². The second-order valence-electron chi connectivity index (χ2n) is 6.21. The zero-order valence-electron chi connectivity index (χ0n) is 16.5. The smallest absolute Gasteiger partial charge is 0.203 e. The van der Waals surface area contributed by atoms with Gasteiger partial charge in [0.15, 0.2) is 11.5 Å². The summed E-state index contributed by atoms with van der Waals surface area (Å²) in [7, 11) is 6.50. The molecule has 0 atom stereocenters. The SMILES string of the molecule is CCCCn1c(-c2cc(OC)c(OC)c(OC)c2)nc2cc(OC)ccc21. The van der Waals surface area contributed by atoms with Crippen molar-refractivity contribution < 1.29 is 18.9 Å². The molecule has 27 heavy (non-hydrogen) atoms. The van der Waals surface area contributed by atoms with E-state index in [9.17, 15) is 0 Å². The minimum Gasteiger partial charge on any atom is -0.497 e. The summed E-state index contributed by atoms with van der Waals surface area (Å²) >= 11 is 0. The van der Waals surface area contributed by atoms with Crippen molar-refractivity contribution in [3.63, 3.8) is 0 Å². The fourth-order valence-corrected chi connectivity index (χ4v) is 3.21. The highest BCUT2D eigenvalue weighted by Gasteiger charge is 2.19. The number of ether oxygens (including phenoxy) is 4. The van der Waals surface area contributed by atoms with E-state index in [-0.39, 0.29) is 0 Å². The first kappa shape index (κ1) is 18.9. The van der Waals surface area contributed by atoms with Crippen molar-refractivity contribution in [1.29, 1.82) is 0 Å². The number of fused-ring (bicyclic) bond motifs is 1. The third kappa shape index (κ3) is 3.52. The predicted octanol–water partition coefficient (Wildman–Crippen LogP) is 4.54. The van der Waals surface area contributed by atoms with Gasteiger partial charge in [-0.3, -0.25) is 0 Å². The molecular formula is C21H26N2O4. The van der Waals surface area contributed by atoms with Crippen molar-refractivity contribution >= 4 is 11.0 Å². The Hall–Kier alpha value is -2.89. The lowest BCUT2D eigenvalue weighted by atomic mass is 10.1. The topological polar surface area (TPSA) is 54.7 Å². The molecular weight excluding hydrogens is 344 g/mol. The molecule has 1 heterocycles. The van der Waals surface area contributed by atoms with Crippen LogP contribution < -0.4 is 18.9 Å². The normalized spacial score (nSPS) is 10.9. The molecule has 0 N–H and O–H groups in total. The number of hydrogen-bond donors (Lipinski definition) is 0. The fraction of sp³-hybridized carbons (Fsp3) is 0.381. The first-order valence-electron chi connectivity index (χ1n) is 9.01. The van der Waals surface area contributed by atoms with Gasteiger partial charge in [0.05, 0.1) is 39.5 Å². The van der Waals surface area contributed by atoms with Crippen LogP contribution in [0.5, 0.6) is 23.0 Å². The Kier molecular flexibility index (Phi) is 5.74. The Morgan fingerprint density at radius 1 is 0.889 bits per heavy atom. The lowest BCUT2D eigenvalue weighted by Crippen LogP contribution is -2.02. The number of aryl methyl sites for hydroxylation is 1. The van der Waals surface area contributed by atoms with Crippen LogP contribution >= 0.6 is 0 Å². The molecule has 0 saturated carbocycles. The second kappa shape index (κ2) is 8.20. The third-order valence-corrected chi connectivity index (χ3v) is 4.61. The van der Waals surface area contributed by atoms with Crippen LogP contribution in [0.3, 0.4) is 0 Å². The molecule has 144 valence electrons. The van der Waals surface area contributed by atoms with Crippen LogP contribution in [0.1, 0.15) is 19.8 Å². The lowest BCUT2D eigenvalue weighted by molar-refractivity contribution is 0.324. The van der Waals surface area contributed by atoms with Crippen molar-refractivity contribution in [2.75, 3.05) is 28.4 Å². The van der Waals surface area contributed by atoms with Crippen LogP contribution in [0.4, 0.5) is 0 Å². The van der Waals surface area contributed by atoms with E-state index in [1.54, 1.807) is 28.4 Å². The van der Waals surface area contributed by atoms with E-state index >= 15 is 0 Å². The van der Waals surface area contributed by atoms with E-state index in [2.05, 4.69) is 17.6 Å². The molecule has 0 amide bonds. The molecule has 1 aromatic heterocycles. The van der Waals surface area contributed by atoms with Gasteiger partial charge in [-0.2, -0.15) is 0 Å². The van der Waals surface area contributed by atoms with E-state index in [0.29, 0.717) is 17.2 Å². The number of imidazole rings is 1. The molecule has 0 unspecified atom stereocenters. The number of unbranched alkanes of at least 4 members (excludes halogenated alkanes) is 1. The number of nitrogens with zero attached hydrogens (tertiary/aromatic N) is 2. The number of rotatable bonds is 8. The first-order chi connectivity index (χ1) is 13.2. The Balaban J connectivity index is 2.23. The van der Waals surface area contributed by atoms with Crippen LogP contribution in [0.25, 0.3) is 22.4 Å². The van der Waals surface area contributed by atoms with Crippen LogP contribution in [0.15, 0.2) is 30.3 Å². The van der Waals surface area contributed by atoms with E-state index in [0.717, 1.165) is 47.6 Å². The van der Waals surface area contributed by atoms with E-state index in [4.69, 9.17) is 23.9 Å². The fourth-order valence-electron chi connectivity index (χ4n) is 3.21. The molecule has 0 spiro atoms. The predicted molar refractivity (Wildman–Crippen MR) is 106 cm³/mol. The van der Waals surface area contributed by atoms with Gasteiger partial charge in [0.1, 0.15) is 11.6 Å². The summed E-state index contributed by atoms with van der Waals surface area (Å²) in [6.07, 6.45) is 2.17. The zero-order valence-corrected chi connectivity index (χ0v) is 16.5. The molecule has 0 bridgehead atoms. The van der Waals surface area contributed by atoms with Gasteiger partial charge in [0, 0.05) is 18.2 Å². The zero-order chi connectivity index (χ0) is 19.4. The largest absolute Gasteiger partial charge is 0.497 e. The number of methoxy groups -OCH3 is 4.